The van der Waals surface area contributed by atoms with Crippen molar-refractivity contribution < 1.29 is 9.53 Å². The number of carbonyl (C=O) groups is 1. The lowest BCUT2D eigenvalue weighted by Crippen LogP contribution is -1.86. The third-order valence-corrected chi connectivity index (χ3v) is 2.49. The summed E-state index contributed by atoms with van der Waals surface area (Å²) in [6, 6.07) is 7.73. The van der Waals surface area contributed by atoms with E-state index in [9.17, 15) is 4.79 Å². The van der Waals surface area contributed by atoms with Gasteiger partial charge in [0.1, 0.15) is 5.75 Å². The van der Waals surface area contributed by atoms with Gasteiger partial charge in [0.2, 0.25) is 0 Å². The van der Waals surface area contributed by atoms with Gasteiger partial charge in [0, 0.05) is 12.7 Å². The Balaban J connectivity index is 2.54. The molecule has 0 aliphatic carbocycles. The monoisotopic (exact) mass is 196 g/mol. The topological polar surface area (TPSA) is 26.3 Å². The molecular formula is C10H12O2S. The summed E-state index contributed by atoms with van der Waals surface area (Å²) in [5, 5.41) is 0.149. The van der Waals surface area contributed by atoms with Crippen LogP contribution in [0.4, 0.5) is 0 Å². The number of carbonyl (C=O) groups excluding carboxylic acids is 1. The van der Waals surface area contributed by atoms with Gasteiger partial charge in [-0.25, -0.2) is 0 Å². The van der Waals surface area contributed by atoms with E-state index in [4.69, 9.17) is 4.74 Å². The van der Waals surface area contributed by atoms with Crippen molar-refractivity contribution in [2.75, 3.05) is 7.11 Å². The highest BCUT2D eigenvalue weighted by Gasteiger charge is 1.97. The lowest BCUT2D eigenvalue weighted by Gasteiger charge is -2.01. The number of hydrogen-bond donors (Lipinski definition) is 0. The van der Waals surface area contributed by atoms with Crippen molar-refractivity contribution in [3.8, 4) is 5.75 Å². The first kappa shape index (κ1) is 10.1. The quantitative estimate of drug-likeness (QED) is 0.743. The number of hydrogen-bond acceptors (Lipinski definition) is 3. The lowest BCUT2D eigenvalue weighted by molar-refractivity contribution is -0.109. The Bertz CT molecular complexity index is 279. The number of rotatable bonds is 3. The van der Waals surface area contributed by atoms with E-state index in [1.54, 1.807) is 14.0 Å². The maximum absolute atomic E-state index is 10.7. The highest BCUT2D eigenvalue weighted by molar-refractivity contribution is 8.12. The van der Waals surface area contributed by atoms with Crippen LogP contribution in [-0.2, 0) is 10.5 Å². The summed E-state index contributed by atoms with van der Waals surface area (Å²) < 4.78 is 5.02. The van der Waals surface area contributed by atoms with Crippen LogP contribution in [0.3, 0.4) is 0 Å². The molecule has 0 heterocycles. The molecule has 13 heavy (non-hydrogen) atoms. The van der Waals surface area contributed by atoms with Crippen LogP contribution in [0.15, 0.2) is 24.3 Å². The molecule has 3 heteroatoms. The minimum atomic E-state index is 0.149. The first-order valence-electron chi connectivity index (χ1n) is 3.98. The SMILES string of the molecule is COc1ccc(CSC(C)=O)cc1. The van der Waals surface area contributed by atoms with E-state index < -0.39 is 0 Å². The molecule has 2 nitrogen and oxygen atoms in total. The Morgan fingerprint density at radius 1 is 1.38 bits per heavy atom. The molecule has 0 N–H and O–H groups in total. The average molecular weight is 196 g/mol. The summed E-state index contributed by atoms with van der Waals surface area (Å²) in [6.07, 6.45) is 0. The zero-order chi connectivity index (χ0) is 9.68. The van der Waals surface area contributed by atoms with Gasteiger partial charge in [-0.3, -0.25) is 4.79 Å². The molecule has 0 aliphatic rings. The Hall–Kier alpha value is -0.960. The minimum absolute atomic E-state index is 0.149. The van der Waals surface area contributed by atoms with Crippen molar-refractivity contribution in [3.05, 3.63) is 29.8 Å². The summed E-state index contributed by atoms with van der Waals surface area (Å²) in [4.78, 5) is 10.7. The average Bonchev–Trinajstić information content (AvgIpc) is 2.15. The molecular weight excluding hydrogens is 184 g/mol. The second-order valence-electron chi connectivity index (χ2n) is 2.63. The van der Waals surface area contributed by atoms with E-state index in [0.717, 1.165) is 17.1 Å². The van der Waals surface area contributed by atoms with Gasteiger partial charge in [-0.2, -0.15) is 0 Å². The van der Waals surface area contributed by atoms with Crippen LogP contribution in [-0.4, -0.2) is 12.2 Å². The highest BCUT2D eigenvalue weighted by atomic mass is 32.2. The predicted molar refractivity (Wildman–Crippen MR) is 55.0 cm³/mol. The molecule has 0 atom stereocenters. The number of thioether (sulfide) groups is 1. The van der Waals surface area contributed by atoms with Gasteiger partial charge >= 0.3 is 0 Å². The molecule has 0 saturated heterocycles. The Labute approximate surface area is 82.3 Å². The molecule has 1 aromatic rings. The van der Waals surface area contributed by atoms with Crippen LogP contribution in [0.25, 0.3) is 0 Å². The summed E-state index contributed by atoms with van der Waals surface area (Å²) in [7, 11) is 1.64. The summed E-state index contributed by atoms with van der Waals surface area (Å²) in [6.45, 7) is 1.58. The second kappa shape index (κ2) is 4.92. The molecule has 0 amide bonds. The number of methoxy groups -OCH3 is 1. The minimum Gasteiger partial charge on any atom is -0.497 e. The van der Waals surface area contributed by atoms with Gasteiger partial charge in [-0.1, -0.05) is 23.9 Å². The van der Waals surface area contributed by atoms with Gasteiger partial charge in [-0.05, 0) is 17.7 Å². The zero-order valence-corrected chi connectivity index (χ0v) is 8.56. The van der Waals surface area contributed by atoms with E-state index in [0.29, 0.717) is 0 Å². The standard InChI is InChI=1S/C10H12O2S/c1-8(11)13-7-9-3-5-10(12-2)6-4-9/h3-6H,7H2,1-2H3. The first-order chi connectivity index (χ1) is 6.22. The summed E-state index contributed by atoms with van der Waals surface area (Å²) in [5.74, 6) is 1.58. The summed E-state index contributed by atoms with van der Waals surface area (Å²) in [5.41, 5.74) is 1.14. The van der Waals surface area contributed by atoms with Gasteiger partial charge in [0.15, 0.2) is 5.12 Å². The Kier molecular flexibility index (Phi) is 3.83. The van der Waals surface area contributed by atoms with Crippen LogP contribution < -0.4 is 4.74 Å². The van der Waals surface area contributed by atoms with Gasteiger partial charge in [-0.15, -0.1) is 0 Å². The second-order valence-corrected chi connectivity index (χ2v) is 3.78. The number of benzene rings is 1. The fraction of sp³-hybridized carbons (Fsp3) is 0.300. The predicted octanol–water partition coefficient (Wildman–Crippen LogP) is 2.47. The van der Waals surface area contributed by atoms with Crippen LogP contribution in [0, 0.1) is 0 Å². The molecule has 1 aromatic carbocycles. The normalized spacial score (nSPS) is 9.69. The Morgan fingerprint density at radius 3 is 2.46 bits per heavy atom. The smallest absolute Gasteiger partial charge is 0.186 e. The largest absolute Gasteiger partial charge is 0.497 e. The van der Waals surface area contributed by atoms with Gasteiger partial charge in [0.05, 0.1) is 7.11 Å². The molecule has 0 bridgehead atoms. The summed E-state index contributed by atoms with van der Waals surface area (Å²) >= 11 is 1.32. The van der Waals surface area contributed by atoms with E-state index >= 15 is 0 Å². The molecule has 0 fully saturated rings. The van der Waals surface area contributed by atoms with Crippen LogP contribution in [0.5, 0.6) is 5.75 Å². The molecule has 0 spiro atoms. The van der Waals surface area contributed by atoms with Crippen molar-refractivity contribution in [1.82, 2.24) is 0 Å². The molecule has 0 aliphatic heterocycles. The third-order valence-electron chi connectivity index (χ3n) is 1.60. The highest BCUT2D eigenvalue weighted by Crippen LogP contribution is 2.16. The van der Waals surface area contributed by atoms with Crippen molar-refractivity contribution in [2.45, 2.75) is 12.7 Å². The lowest BCUT2D eigenvalue weighted by atomic mass is 10.2. The van der Waals surface area contributed by atoms with Crippen molar-refractivity contribution in [1.29, 1.82) is 0 Å². The number of ether oxygens (including phenoxy) is 1. The van der Waals surface area contributed by atoms with Crippen LogP contribution >= 0.6 is 11.8 Å². The molecule has 0 unspecified atom stereocenters. The van der Waals surface area contributed by atoms with Crippen molar-refractivity contribution in [2.24, 2.45) is 0 Å². The van der Waals surface area contributed by atoms with Crippen LogP contribution in [0.1, 0.15) is 12.5 Å². The molecule has 0 aromatic heterocycles. The zero-order valence-electron chi connectivity index (χ0n) is 7.74. The van der Waals surface area contributed by atoms with Gasteiger partial charge in [0.25, 0.3) is 0 Å². The maximum Gasteiger partial charge on any atom is 0.186 e. The van der Waals surface area contributed by atoms with E-state index in [-0.39, 0.29) is 5.12 Å². The van der Waals surface area contributed by atoms with Crippen molar-refractivity contribution >= 4 is 16.9 Å². The van der Waals surface area contributed by atoms with Crippen molar-refractivity contribution in [3.63, 3.8) is 0 Å². The molecule has 0 saturated carbocycles. The maximum atomic E-state index is 10.7. The van der Waals surface area contributed by atoms with Gasteiger partial charge < -0.3 is 4.74 Å². The van der Waals surface area contributed by atoms with E-state index in [2.05, 4.69) is 0 Å². The molecule has 0 radical (unpaired) electrons. The fourth-order valence-electron chi connectivity index (χ4n) is 0.907. The Morgan fingerprint density at radius 2 is 2.00 bits per heavy atom. The fourth-order valence-corrected chi connectivity index (χ4v) is 1.47. The third kappa shape index (κ3) is 3.51. The first-order valence-corrected chi connectivity index (χ1v) is 4.97. The van der Waals surface area contributed by atoms with E-state index in [1.165, 1.54) is 11.8 Å². The molecule has 1 rings (SSSR count). The molecule has 70 valence electrons. The van der Waals surface area contributed by atoms with E-state index in [1.807, 2.05) is 24.3 Å². The van der Waals surface area contributed by atoms with Crippen LogP contribution in [0.2, 0.25) is 0 Å².